The predicted octanol–water partition coefficient (Wildman–Crippen LogP) is 5.45. The number of aromatic nitrogens is 4. The molecule has 2 heterocycles. The lowest BCUT2D eigenvalue weighted by Crippen LogP contribution is -2.13. The van der Waals surface area contributed by atoms with Crippen LogP contribution in [-0.4, -0.2) is 26.6 Å². The molecule has 0 saturated heterocycles. The summed E-state index contributed by atoms with van der Waals surface area (Å²) in [6.45, 7) is 0. The molecule has 0 bridgehead atoms. The minimum atomic E-state index is -4.39. The molecule has 0 amide bonds. The van der Waals surface area contributed by atoms with E-state index in [0.717, 1.165) is 23.4 Å². The van der Waals surface area contributed by atoms with Gasteiger partial charge >= 0.3 is 12.3 Å². The number of alkyl halides is 3. The maximum atomic E-state index is 14.2. The minimum absolute atomic E-state index is 0.0753. The fraction of sp³-hybridized carbons (Fsp3) is 0.0870. The lowest BCUT2D eigenvalue weighted by molar-refractivity contribution is -0.137. The van der Waals surface area contributed by atoms with E-state index in [4.69, 9.17) is 5.73 Å². The van der Waals surface area contributed by atoms with Crippen molar-refractivity contribution < 1.29 is 17.6 Å². The highest BCUT2D eigenvalue weighted by atomic mass is 19.4. The number of anilines is 3. The van der Waals surface area contributed by atoms with Gasteiger partial charge in [0, 0.05) is 23.8 Å². The van der Waals surface area contributed by atoms with E-state index in [9.17, 15) is 17.6 Å². The monoisotopic (exact) mass is 452 g/mol. The number of nitrogens with zero attached hydrogens (tertiary/aromatic N) is 5. The first-order valence-electron chi connectivity index (χ1n) is 9.84. The Balaban J connectivity index is 1.60. The Kier molecular flexibility index (Phi) is 4.66. The molecule has 2 aromatic heterocycles. The summed E-state index contributed by atoms with van der Waals surface area (Å²) in [4.78, 5) is 6.27. The third kappa shape index (κ3) is 3.59. The molecule has 2 N–H and O–H groups in total. The number of halogens is 4. The molecule has 10 heteroatoms. The van der Waals surface area contributed by atoms with E-state index >= 15 is 0 Å². The van der Waals surface area contributed by atoms with Crippen LogP contribution in [0, 0.1) is 6.08 Å². The molecule has 5 aromatic rings. The van der Waals surface area contributed by atoms with Crippen molar-refractivity contribution >= 4 is 33.9 Å². The summed E-state index contributed by atoms with van der Waals surface area (Å²) in [6, 6.07) is 17.3. The van der Waals surface area contributed by atoms with Gasteiger partial charge in [-0.2, -0.15) is 22.5 Å². The van der Waals surface area contributed by atoms with Crippen molar-refractivity contribution in [3.05, 3.63) is 78.4 Å². The van der Waals surface area contributed by atoms with Gasteiger partial charge in [-0.1, -0.05) is 29.4 Å². The summed E-state index contributed by atoms with van der Waals surface area (Å²) in [7, 11) is 1.78. The molecule has 3 aromatic carbocycles. The Labute approximate surface area is 184 Å². The van der Waals surface area contributed by atoms with Crippen molar-refractivity contribution in [3.63, 3.8) is 0 Å². The Morgan fingerprint density at radius 3 is 2.39 bits per heavy atom. The summed E-state index contributed by atoms with van der Waals surface area (Å²) in [5, 5.41) is 7.89. The first-order valence-corrected chi connectivity index (χ1v) is 9.84. The molecule has 0 aliphatic carbocycles. The predicted molar refractivity (Wildman–Crippen MR) is 118 cm³/mol. The summed E-state index contributed by atoms with van der Waals surface area (Å²) in [5.74, 6) is 0.570. The normalized spacial score (nSPS) is 11.9. The van der Waals surface area contributed by atoms with Crippen LogP contribution in [0.4, 0.5) is 34.8 Å². The van der Waals surface area contributed by atoms with Crippen LogP contribution in [-0.2, 0) is 6.18 Å². The van der Waals surface area contributed by atoms with Gasteiger partial charge < -0.3 is 10.6 Å². The van der Waals surface area contributed by atoms with Crippen LogP contribution in [0.15, 0.2) is 66.7 Å². The summed E-state index contributed by atoms with van der Waals surface area (Å²) < 4.78 is 54.1. The van der Waals surface area contributed by atoms with E-state index in [1.165, 1.54) is 16.5 Å². The Morgan fingerprint density at radius 2 is 1.67 bits per heavy atom. The van der Waals surface area contributed by atoms with E-state index in [-0.39, 0.29) is 5.78 Å². The van der Waals surface area contributed by atoms with Crippen LogP contribution in [0.3, 0.4) is 0 Å². The van der Waals surface area contributed by atoms with Gasteiger partial charge in [-0.3, -0.25) is 0 Å². The largest absolute Gasteiger partial charge is 0.416 e. The van der Waals surface area contributed by atoms with Crippen molar-refractivity contribution in [1.82, 2.24) is 19.6 Å². The molecule has 0 aliphatic rings. The first kappa shape index (κ1) is 20.7. The maximum Gasteiger partial charge on any atom is 0.416 e. The highest BCUT2D eigenvalue weighted by molar-refractivity contribution is 5.95. The summed E-state index contributed by atoms with van der Waals surface area (Å²) >= 11 is 0. The average Bonchev–Trinajstić information content (AvgIpc) is 3.18. The molecule has 166 valence electrons. The van der Waals surface area contributed by atoms with Crippen molar-refractivity contribution in [2.24, 2.45) is 0 Å². The molecule has 0 fully saturated rings. The van der Waals surface area contributed by atoms with Crippen molar-refractivity contribution in [3.8, 4) is 11.1 Å². The molecular weight excluding hydrogens is 436 g/mol. The standard InChI is InChI=1S/C23H16F4N6/c1-32(17-4-2-3-14(11-17)13-5-7-15(8-6-13)23(25,26)27)20-18-10-9-16(28)12-19(18)33-21(24)30-31-22(33)29-20/h2-12H,28H2,1H3. The van der Waals surface area contributed by atoms with E-state index in [0.29, 0.717) is 28.0 Å². The third-order valence-corrected chi connectivity index (χ3v) is 5.41. The molecule has 6 nitrogen and oxygen atoms in total. The molecule has 0 aliphatic heterocycles. The second kappa shape index (κ2) is 7.44. The second-order valence-corrected chi connectivity index (χ2v) is 7.50. The van der Waals surface area contributed by atoms with Crippen LogP contribution in [0.5, 0.6) is 0 Å². The molecule has 33 heavy (non-hydrogen) atoms. The van der Waals surface area contributed by atoms with Crippen LogP contribution in [0.2, 0.25) is 0 Å². The molecule has 0 atom stereocenters. The van der Waals surface area contributed by atoms with Crippen LogP contribution < -0.4 is 10.6 Å². The van der Waals surface area contributed by atoms with Crippen molar-refractivity contribution in [2.75, 3.05) is 17.7 Å². The number of nitrogens with two attached hydrogens (primary N) is 1. The van der Waals surface area contributed by atoms with Gasteiger partial charge in [0.25, 0.3) is 5.78 Å². The van der Waals surface area contributed by atoms with Gasteiger partial charge in [0.2, 0.25) is 0 Å². The van der Waals surface area contributed by atoms with Crippen LogP contribution >= 0.6 is 0 Å². The smallest absolute Gasteiger partial charge is 0.399 e. The van der Waals surface area contributed by atoms with Gasteiger partial charge in [-0.05, 0) is 53.6 Å². The lowest BCUT2D eigenvalue weighted by Gasteiger charge is -2.21. The van der Waals surface area contributed by atoms with Crippen LogP contribution in [0.1, 0.15) is 5.56 Å². The highest BCUT2D eigenvalue weighted by Gasteiger charge is 2.30. The SMILES string of the molecule is CN(c1cccc(-c2ccc(C(F)(F)F)cc2)c1)c1nc2nnc(F)n2c2cc(N)ccc12. The zero-order chi connectivity index (χ0) is 23.3. The van der Waals surface area contributed by atoms with Gasteiger partial charge in [0.05, 0.1) is 11.1 Å². The molecule has 0 radical (unpaired) electrons. The van der Waals surface area contributed by atoms with Gasteiger partial charge in [-0.25, -0.2) is 4.40 Å². The number of fused-ring (bicyclic) bond motifs is 3. The van der Waals surface area contributed by atoms with Crippen LogP contribution in [0.25, 0.3) is 27.8 Å². The summed E-state index contributed by atoms with van der Waals surface area (Å²) in [5.41, 5.74) is 8.21. The summed E-state index contributed by atoms with van der Waals surface area (Å²) in [6.07, 6.45) is -5.19. The molecular formula is C23H16F4N6. The topological polar surface area (TPSA) is 72.3 Å². The fourth-order valence-electron chi connectivity index (χ4n) is 3.74. The van der Waals surface area contributed by atoms with E-state index in [2.05, 4.69) is 15.2 Å². The van der Waals surface area contributed by atoms with Gasteiger partial charge in [-0.15, -0.1) is 5.10 Å². The number of rotatable bonds is 3. The first-order chi connectivity index (χ1) is 15.7. The Bertz CT molecular complexity index is 1490. The van der Waals surface area contributed by atoms with E-state index in [1.807, 2.05) is 18.2 Å². The molecule has 0 unspecified atom stereocenters. The van der Waals surface area contributed by atoms with Gasteiger partial charge in [0.1, 0.15) is 5.82 Å². The third-order valence-electron chi connectivity index (χ3n) is 5.41. The average molecular weight is 452 g/mol. The quantitative estimate of drug-likeness (QED) is 0.291. The highest BCUT2D eigenvalue weighted by Crippen LogP contribution is 2.34. The number of hydrogen-bond acceptors (Lipinski definition) is 5. The zero-order valence-corrected chi connectivity index (χ0v) is 17.2. The van der Waals surface area contributed by atoms with Crippen molar-refractivity contribution in [1.29, 1.82) is 0 Å². The Morgan fingerprint density at radius 1 is 0.909 bits per heavy atom. The van der Waals surface area contributed by atoms with E-state index in [1.54, 1.807) is 36.2 Å². The molecule has 0 saturated carbocycles. The molecule has 5 rings (SSSR count). The lowest BCUT2D eigenvalue weighted by atomic mass is 10.0. The number of benzene rings is 3. The zero-order valence-electron chi connectivity index (χ0n) is 17.2. The van der Waals surface area contributed by atoms with Gasteiger partial charge in [0.15, 0.2) is 0 Å². The van der Waals surface area contributed by atoms with E-state index < -0.39 is 17.8 Å². The molecule has 0 spiro atoms. The number of nitrogen functional groups attached to an aromatic ring is 1. The number of hydrogen-bond donors (Lipinski definition) is 1. The maximum absolute atomic E-state index is 14.2. The second-order valence-electron chi connectivity index (χ2n) is 7.50. The Hall–Kier alpha value is -4.21. The fourth-order valence-corrected chi connectivity index (χ4v) is 3.74. The minimum Gasteiger partial charge on any atom is -0.399 e. The van der Waals surface area contributed by atoms with Crippen molar-refractivity contribution in [2.45, 2.75) is 6.18 Å².